The summed E-state index contributed by atoms with van der Waals surface area (Å²) in [5.41, 5.74) is 1.55. The van der Waals surface area contributed by atoms with Crippen LogP contribution >= 0.6 is 0 Å². The number of methoxy groups -OCH3 is 2. The van der Waals surface area contributed by atoms with E-state index in [2.05, 4.69) is 9.72 Å². The normalized spacial score (nSPS) is 9.90. The van der Waals surface area contributed by atoms with Crippen LogP contribution in [0.1, 0.15) is 20.8 Å². The number of rotatable bonds is 3. The van der Waals surface area contributed by atoms with Gasteiger partial charge in [0.05, 0.1) is 25.5 Å². The maximum Gasteiger partial charge on any atom is 0.356 e. The van der Waals surface area contributed by atoms with E-state index in [-0.39, 0.29) is 5.69 Å². The third kappa shape index (κ3) is 2.66. The van der Waals surface area contributed by atoms with Crippen molar-refractivity contribution >= 4 is 11.9 Å². The van der Waals surface area contributed by atoms with Crippen LogP contribution in [0.2, 0.25) is 0 Å². The summed E-state index contributed by atoms with van der Waals surface area (Å²) in [6.07, 6.45) is 0. The smallest absolute Gasteiger partial charge is 0.356 e. The van der Waals surface area contributed by atoms with Crippen LogP contribution < -0.4 is 0 Å². The number of ether oxygens (including phenoxy) is 2. The van der Waals surface area contributed by atoms with Crippen LogP contribution in [0.3, 0.4) is 0 Å². The van der Waals surface area contributed by atoms with Crippen LogP contribution in [-0.2, 0) is 9.47 Å². The Morgan fingerprint density at radius 1 is 0.900 bits per heavy atom. The number of pyridine rings is 1. The molecule has 5 nitrogen and oxygen atoms in total. The minimum atomic E-state index is -0.557. The molecule has 0 unspecified atom stereocenters. The molecular weight excluding hydrogens is 258 g/mol. The highest BCUT2D eigenvalue weighted by Gasteiger charge is 2.18. The van der Waals surface area contributed by atoms with Crippen LogP contribution in [-0.4, -0.2) is 31.1 Å². The Morgan fingerprint density at radius 3 is 2.15 bits per heavy atom. The number of benzene rings is 1. The predicted molar refractivity (Wildman–Crippen MR) is 72.4 cm³/mol. The van der Waals surface area contributed by atoms with Crippen LogP contribution in [0.25, 0.3) is 11.3 Å². The van der Waals surface area contributed by atoms with Crippen LogP contribution in [0, 0.1) is 0 Å². The fourth-order valence-corrected chi connectivity index (χ4v) is 1.77. The van der Waals surface area contributed by atoms with Crippen LogP contribution in [0.15, 0.2) is 42.5 Å². The third-order valence-corrected chi connectivity index (χ3v) is 2.74. The Kier molecular flexibility index (Phi) is 4.10. The van der Waals surface area contributed by atoms with Gasteiger partial charge in [-0.1, -0.05) is 30.3 Å². The molecule has 5 heteroatoms. The van der Waals surface area contributed by atoms with Gasteiger partial charge in [-0.3, -0.25) is 0 Å². The first-order valence-corrected chi connectivity index (χ1v) is 5.90. The Labute approximate surface area is 116 Å². The number of carbonyl (C=O) groups is 2. The van der Waals surface area contributed by atoms with Crippen molar-refractivity contribution in [2.24, 2.45) is 0 Å². The minimum absolute atomic E-state index is 0.138. The molecule has 0 spiro atoms. The fourth-order valence-electron chi connectivity index (χ4n) is 1.77. The second-order valence-corrected chi connectivity index (χ2v) is 3.94. The summed E-state index contributed by atoms with van der Waals surface area (Å²) < 4.78 is 9.37. The molecule has 0 saturated heterocycles. The van der Waals surface area contributed by atoms with Gasteiger partial charge in [-0.15, -0.1) is 0 Å². The first-order valence-electron chi connectivity index (χ1n) is 5.90. The zero-order valence-corrected chi connectivity index (χ0v) is 11.1. The second-order valence-electron chi connectivity index (χ2n) is 3.94. The highest BCUT2D eigenvalue weighted by molar-refractivity contribution is 5.97. The van der Waals surface area contributed by atoms with Crippen molar-refractivity contribution in [3.05, 3.63) is 53.7 Å². The lowest BCUT2D eigenvalue weighted by Crippen LogP contribution is -2.10. The molecule has 0 bridgehead atoms. The maximum absolute atomic E-state index is 11.8. The van der Waals surface area contributed by atoms with Gasteiger partial charge >= 0.3 is 11.9 Å². The lowest BCUT2D eigenvalue weighted by atomic mass is 10.1. The molecule has 0 aliphatic carbocycles. The summed E-state index contributed by atoms with van der Waals surface area (Å²) in [5, 5.41) is 0. The lowest BCUT2D eigenvalue weighted by molar-refractivity contribution is 0.0582. The summed E-state index contributed by atoms with van der Waals surface area (Å²) >= 11 is 0. The molecule has 1 aromatic heterocycles. The monoisotopic (exact) mass is 271 g/mol. The van der Waals surface area contributed by atoms with Gasteiger partial charge in [0.15, 0.2) is 0 Å². The molecule has 0 saturated carbocycles. The highest BCUT2D eigenvalue weighted by Crippen LogP contribution is 2.22. The lowest BCUT2D eigenvalue weighted by Gasteiger charge is -2.09. The Hall–Kier alpha value is -2.69. The zero-order valence-electron chi connectivity index (χ0n) is 11.1. The van der Waals surface area contributed by atoms with E-state index in [4.69, 9.17) is 4.74 Å². The molecule has 0 radical (unpaired) electrons. The summed E-state index contributed by atoms with van der Waals surface area (Å²) in [7, 11) is 2.58. The van der Waals surface area contributed by atoms with Crippen molar-refractivity contribution in [3.8, 4) is 11.3 Å². The van der Waals surface area contributed by atoms with Crippen molar-refractivity contribution in [3.63, 3.8) is 0 Å². The molecule has 0 amide bonds. The van der Waals surface area contributed by atoms with Gasteiger partial charge in [-0.05, 0) is 12.1 Å². The third-order valence-electron chi connectivity index (χ3n) is 2.74. The maximum atomic E-state index is 11.8. The number of hydrogen-bond acceptors (Lipinski definition) is 5. The molecule has 0 fully saturated rings. The van der Waals surface area contributed by atoms with Gasteiger partial charge < -0.3 is 9.47 Å². The van der Waals surface area contributed by atoms with Gasteiger partial charge in [-0.2, -0.15) is 0 Å². The average Bonchev–Trinajstić information content (AvgIpc) is 2.53. The fraction of sp³-hybridized carbons (Fsp3) is 0.133. The SMILES string of the molecule is COC(=O)c1ccc(C(=O)OC)c(-c2ccccc2)n1. The quantitative estimate of drug-likeness (QED) is 0.801. The van der Waals surface area contributed by atoms with Crippen LogP contribution in [0.4, 0.5) is 0 Å². The van der Waals surface area contributed by atoms with Gasteiger partial charge in [0.1, 0.15) is 5.69 Å². The molecular formula is C15H13NO4. The number of carbonyl (C=O) groups excluding carboxylic acids is 2. The second kappa shape index (κ2) is 5.97. The number of nitrogens with zero attached hydrogens (tertiary/aromatic N) is 1. The van der Waals surface area contributed by atoms with E-state index in [1.54, 1.807) is 12.1 Å². The molecule has 1 heterocycles. The summed E-state index contributed by atoms with van der Waals surface area (Å²) in [6, 6.07) is 12.0. The standard InChI is InChI=1S/C15H13NO4/c1-19-14(17)11-8-9-12(15(18)20-2)16-13(11)10-6-4-3-5-7-10/h3-9H,1-2H3. The molecule has 2 rings (SSSR count). The molecule has 102 valence electrons. The van der Waals surface area contributed by atoms with E-state index in [0.29, 0.717) is 11.3 Å². The number of aromatic nitrogens is 1. The zero-order chi connectivity index (χ0) is 14.5. The van der Waals surface area contributed by atoms with E-state index in [1.807, 2.05) is 18.2 Å². The molecule has 20 heavy (non-hydrogen) atoms. The highest BCUT2D eigenvalue weighted by atomic mass is 16.5. The van der Waals surface area contributed by atoms with Crippen LogP contribution in [0.5, 0.6) is 0 Å². The van der Waals surface area contributed by atoms with Gasteiger partial charge in [0.25, 0.3) is 0 Å². The minimum Gasteiger partial charge on any atom is -0.465 e. The van der Waals surface area contributed by atoms with Crippen molar-refractivity contribution in [2.45, 2.75) is 0 Å². The molecule has 0 aliphatic heterocycles. The first kappa shape index (κ1) is 13.7. The van der Waals surface area contributed by atoms with E-state index < -0.39 is 11.9 Å². The summed E-state index contributed by atoms with van der Waals surface area (Å²) in [6.45, 7) is 0. The van der Waals surface area contributed by atoms with Gasteiger partial charge in [0.2, 0.25) is 0 Å². The van der Waals surface area contributed by atoms with Crippen molar-refractivity contribution < 1.29 is 19.1 Å². The van der Waals surface area contributed by atoms with Crippen molar-refractivity contribution in [1.82, 2.24) is 4.98 Å². The Bertz CT molecular complexity index is 638. The van der Waals surface area contributed by atoms with Crippen molar-refractivity contribution in [1.29, 1.82) is 0 Å². The van der Waals surface area contributed by atoms with E-state index in [1.165, 1.54) is 26.4 Å². The Morgan fingerprint density at radius 2 is 1.55 bits per heavy atom. The summed E-state index contributed by atoms with van der Waals surface area (Å²) in [4.78, 5) is 27.5. The largest absolute Gasteiger partial charge is 0.465 e. The van der Waals surface area contributed by atoms with Crippen molar-refractivity contribution in [2.75, 3.05) is 14.2 Å². The topological polar surface area (TPSA) is 65.5 Å². The Balaban J connectivity index is 2.60. The van der Waals surface area contributed by atoms with E-state index in [9.17, 15) is 9.59 Å². The van der Waals surface area contributed by atoms with Gasteiger partial charge in [-0.25, -0.2) is 14.6 Å². The average molecular weight is 271 g/mol. The molecule has 2 aromatic rings. The molecule has 0 aliphatic rings. The van der Waals surface area contributed by atoms with E-state index in [0.717, 1.165) is 5.56 Å². The summed E-state index contributed by atoms with van der Waals surface area (Å²) in [5.74, 6) is -1.06. The number of esters is 2. The van der Waals surface area contributed by atoms with Gasteiger partial charge in [0, 0.05) is 5.56 Å². The first-order chi connectivity index (χ1) is 9.67. The molecule has 0 atom stereocenters. The predicted octanol–water partition coefficient (Wildman–Crippen LogP) is 2.32. The van der Waals surface area contributed by atoms with E-state index >= 15 is 0 Å². The molecule has 1 aromatic carbocycles. The molecule has 0 N–H and O–H groups in total. The number of hydrogen-bond donors (Lipinski definition) is 0.